The van der Waals surface area contributed by atoms with Crippen LogP contribution in [0.4, 0.5) is 0 Å². The summed E-state index contributed by atoms with van der Waals surface area (Å²) in [5, 5.41) is 64.6. The average molecular weight is 622 g/mol. The van der Waals surface area contributed by atoms with Crippen LogP contribution in [0.1, 0.15) is 103 Å². The quantitative estimate of drug-likeness (QED) is 0.162. The molecule has 1 saturated heterocycles. The van der Waals surface area contributed by atoms with Gasteiger partial charge in [0.15, 0.2) is 11.5 Å². The van der Waals surface area contributed by atoms with E-state index >= 15 is 0 Å². The average Bonchev–Trinajstić information content (AvgIpc) is 3.56. The van der Waals surface area contributed by atoms with Crippen molar-refractivity contribution in [1.82, 2.24) is 4.98 Å². The molecule has 2 heterocycles. The summed E-state index contributed by atoms with van der Waals surface area (Å²) in [5.41, 5.74) is 4.28. The van der Waals surface area contributed by atoms with Gasteiger partial charge in [0.1, 0.15) is 5.75 Å². The summed E-state index contributed by atoms with van der Waals surface area (Å²) in [4.78, 5) is 3.04. The van der Waals surface area contributed by atoms with Crippen LogP contribution in [0.5, 0.6) is 23.0 Å². The van der Waals surface area contributed by atoms with Gasteiger partial charge in [-0.1, -0.05) is 25.5 Å². The molecule has 9 heteroatoms. The maximum atomic E-state index is 11.4. The highest BCUT2D eigenvalue weighted by Gasteiger charge is 2.44. The van der Waals surface area contributed by atoms with Gasteiger partial charge in [-0.2, -0.15) is 0 Å². The second-order valence-corrected chi connectivity index (χ2v) is 13.6. The summed E-state index contributed by atoms with van der Waals surface area (Å²) in [6.07, 6.45) is 8.06. The Bertz CT molecular complexity index is 1470. The number of aromatic nitrogens is 1. The van der Waals surface area contributed by atoms with Crippen molar-refractivity contribution in [2.45, 2.75) is 95.0 Å². The number of ether oxygens (including phenoxy) is 2. The zero-order chi connectivity index (χ0) is 31.8. The molecule has 3 aliphatic rings. The number of hydrogen-bond acceptors (Lipinski definition) is 8. The smallest absolute Gasteiger partial charge is 0.201 e. The van der Waals surface area contributed by atoms with Gasteiger partial charge in [-0.15, -0.1) is 0 Å². The molecule has 244 valence electrons. The maximum absolute atomic E-state index is 11.4. The summed E-state index contributed by atoms with van der Waals surface area (Å²) in [5.74, 6) is 0.416. The number of fused-ring (bicyclic) bond motifs is 1. The molecule has 6 rings (SSSR count). The Hall–Kier alpha value is -3.24. The third kappa shape index (κ3) is 6.03. The Labute approximate surface area is 264 Å². The number of methoxy groups -OCH3 is 1. The van der Waals surface area contributed by atoms with Crippen molar-refractivity contribution >= 4 is 0 Å². The molecule has 1 aromatic heterocycles. The molecule has 45 heavy (non-hydrogen) atoms. The largest absolute Gasteiger partial charge is 0.508 e. The van der Waals surface area contributed by atoms with Crippen LogP contribution in [-0.4, -0.2) is 61.5 Å². The number of H-pyrrole nitrogens is 1. The van der Waals surface area contributed by atoms with E-state index in [2.05, 4.69) is 18.0 Å². The van der Waals surface area contributed by atoms with E-state index in [9.17, 15) is 30.6 Å². The van der Waals surface area contributed by atoms with Crippen LogP contribution in [0.25, 0.3) is 0 Å². The van der Waals surface area contributed by atoms with E-state index in [-0.39, 0.29) is 59.9 Å². The van der Waals surface area contributed by atoms with Gasteiger partial charge in [-0.3, -0.25) is 0 Å². The minimum Gasteiger partial charge on any atom is -0.508 e. The molecule has 9 nitrogen and oxygen atoms in total. The molecule has 8 unspecified atom stereocenters. The van der Waals surface area contributed by atoms with E-state index in [1.54, 1.807) is 12.3 Å². The zero-order valence-electron chi connectivity index (χ0n) is 26.2. The van der Waals surface area contributed by atoms with Crippen molar-refractivity contribution in [2.75, 3.05) is 13.7 Å². The normalized spacial score (nSPS) is 30.2. The molecule has 0 amide bonds. The lowest BCUT2D eigenvalue weighted by molar-refractivity contribution is -0.154. The molecule has 0 spiro atoms. The summed E-state index contributed by atoms with van der Waals surface area (Å²) in [6, 6.07) is 7.82. The van der Waals surface area contributed by atoms with Gasteiger partial charge in [0.05, 0.1) is 32.0 Å². The van der Waals surface area contributed by atoms with E-state index in [4.69, 9.17) is 9.47 Å². The number of benzene rings is 2. The number of aliphatic hydroxyl groups is 3. The molecule has 8 atom stereocenters. The van der Waals surface area contributed by atoms with Crippen LogP contribution in [-0.2, 0) is 17.8 Å². The first kappa shape index (κ1) is 31.7. The minimum absolute atomic E-state index is 0.0506. The van der Waals surface area contributed by atoms with E-state index in [1.807, 2.05) is 18.3 Å². The fourth-order valence-electron chi connectivity index (χ4n) is 8.51. The lowest BCUT2D eigenvalue weighted by atomic mass is 9.69. The molecule has 7 N–H and O–H groups in total. The van der Waals surface area contributed by atoms with Crippen molar-refractivity contribution in [3.05, 3.63) is 70.0 Å². The molecular formula is C36H47NO8. The van der Waals surface area contributed by atoms with Crippen LogP contribution in [0.2, 0.25) is 0 Å². The van der Waals surface area contributed by atoms with Gasteiger partial charge in [0, 0.05) is 48.9 Å². The standard InChI is InChI=1S/C36H47NO8/c1-19-3-4-23(17-38)25(11-19)26-13-21(6-8-29(26)40)22-5-7-24-30(41)15-32(45-31(24)14-22)33-27(12-20-9-10-37-16-20)36(44-2)35(43)34(42)28(33)18-39/h6,8-10,13,16,19,22-25,30-32,37-43H,3-5,7,11-12,14-15,17-18H2,1-2H3. The fourth-order valence-corrected chi connectivity index (χ4v) is 8.51. The van der Waals surface area contributed by atoms with E-state index in [0.29, 0.717) is 29.9 Å². The molecule has 2 aliphatic carbocycles. The highest BCUT2D eigenvalue weighted by molar-refractivity contribution is 5.64. The summed E-state index contributed by atoms with van der Waals surface area (Å²) >= 11 is 0. The van der Waals surface area contributed by atoms with Gasteiger partial charge < -0.3 is 45.1 Å². The number of rotatable bonds is 8. The molecule has 0 bridgehead atoms. The van der Waals surface area contributed by atoms with Crippen molar-refractivity contribution in [2.24, 2.45) is 17.8 Å². The first-order valence-electron chi connectivity index (χ1n) is 16.4. The third-order valence-corrected chi connectivity index (χ3v) is 10.9. The number of aromatic amines is 1. The summed E-state index contributed by atoms with van der Waals surface area (Å²) in [6.45, 7) is 1.83. The van der Waals surface area contributed by atoms with Crippen molar-refractivity contribution in [3.63, 3.8) is 0 Å². The number of aromatic hydroxyl groups is 3. The zero-order valence-corrected chi connectivity index (χ0v) is 26.2. The lowest BCUT2D eigenvalue weighted by Crippen LogP contribution is -2.44. The predicted molar refractivity (Wildman–Crippen MR) is 169 cm³/mol. The SMILES string of the molecule is COc1c(O)c(O)c(CO)c(C2CC(O)C3CCC(c4ccc(O)c(C5CC(C)CCC5CO)c4)CC3O2)c1Cc1cc[nH]c1. The van der Waals surface area contributed by atoms with Crippen LogP contribution in [0.3, 0.4) is 0 Å². The second kappa shape index (κ2) is 13.2. The molecule has 2 aromatic carbocycles. The van der Waals surface area contributed by atoms with E-state index in [0.717, 1.165) is 48.8 Å². The second-order valence-electron chi connectivity index (χ2n) is 13.6. The van der Waals surface area contributed by atoms with Crippen molar-refractivity contribution in [3.8, 4) is 23.0 Å². The van der Waals surface area contributed by atoms with Gasteiger partial charge in [0.25, 0.3) is 0 Å². The van der Waals surface area contributed by atoms with E-state index in [1.165, 1.54) is 7.11 Å². The Morgan fingerprint density at radius 2 is 1.78 bits per heavy atom. The Morgan fingerprint density at radius 1 is 0.956 bits per heavy atom. The summed E-state index contributed by atoms with van der Waals surface area (Å²) in [7, 11) is 1.43. The minimum atomic E-state index is -0.646. The number of hydrogen-bond donors (Lipinski definition) is 7. The van der Waals surface area contributed by atoms with Crippen LogP contribution < -0.4 is 4.74 Å². The summed E-state index contributed by atoms with van der Waals surface area (Å²) < 4.78 is 12.4. The molecule has 2 saturated carbocycles. The molecule has 3 fully saturated rings. The molecule has 1 aliphatic heterocycles. The molecular weight excluding hydrogens is 574 g/mol. The number of nitrogens with one attached hydrogen (secondary N) is 1. The Morgan fingerprint density at radius 3 is 2.49 bits per heavy atom. The van der Waals surface area contributed by atoms with Crippen molar-refractivity contribution < 1.29 is 40.1 Å². The Kier molecular flexibility index (Phi) is 9.34. The third-order valence-electron chi connectivity index (χ3n) is 10.9. The van der Waals surface area contributed by atoms with Crippen molar-refractivity contribution in [1.29, 1.82) is 0 Å². The van der Waals surface area contributed by atoms with Gasteiger partial charge >= 0.3 is 0 Å². The monoisotopic (exact) mass is 621 g/mol. The Balaban J connectivity index is 1.31. The topological polar surface area (TPSA) is 156 Å². The van der Waals surface area contributed by atoms with Crippen LogP contribution in [0, 0.1) is 17.8 Å². The van der Waals surface area contributed by atoms with Crippen LogP contribution >= 0.6 is 0 Å². The fraction of sp³-hybridized carbons (Fsp3) is 0.556. The number of phenolic OH excluding ortho intramolecular Hbond substituents is 2. The highest BCUT2D eigenvalue weighted by atomic mass is 16.5. The van der Waals surface area contributed by atoms with Gasteiger partial charge in [-0.05, 0) is 90.2 Å². The first-order valence-corrected chi connectivity index (χ1v) is 16.4. The predicted octanol–water partition coefficient (Wildman–Crippen LogP) is 5.51. The number of phenols is 3. The van der Waals surface area contributed by atoms with Crippen LogP contribution in [0.15, 0.2) is 36.7 Å². The molecule has 0 radical (unpaired) electrons. The maximum Gasteiger partial charge on any atom is 0.201 e. The van der Waals surface area contributed by atoms with Gasteiger partial charge in [-0.25, -0.2) is 0 Å². The van der Waals surface area contributed by atoms with E-state index < -0.39 is 30.3 Å². The number of aliphatic hydroxyl groups excluding tert-OH is 3. The molecule has 3 aromatic rings. The van der Waals surface area contributed by atoms with Gasteiger partial charge in [0.2, 0.25) is 5.75 Å². The highest BCUT2D eigenvalue weighted by Crippen LogP contribution is 2.52. The lowest BCUT2D eigenvalue weighted by Gasteiger charge is -2.46. The first-order chi connectivity index (χ1) is 21.7.